The van der Waals surface area contributed by atoms with E-state index >= 15 is 0 Å². The monoisotopic (exact) mass is 139 g/mol. The predicted octanol–water partition coefficient (Wildman–Crippen LogP) is 0.934. The minimum atomic E-state index is 0.185. The van der Waals surface area contributed by atoms with Crippen LogP contribution in [0.1, 0.15) is 5.69 Å². The fourth-order valence-corrected chi connectivity index (χ4v) is 0.677. The standard InChI is InChI=1S/C7H9NO2/c1-10-5-6-7(9)3-2-4-8-6/h2-4,9H,5H2,1H3. The van der Waals surface area contributed by atoms with Crippen molar-refractivity contribution in [2.75, 3.05) is 7.11 Å². The maximum absolute atomic E-state index is 9.10. The fourth-order valence-electron chi connectivity index (χ4n) is 0.677. The third-order valence-corrected chi connectivity index (χ3v) is 1.15. The number of pyridine rings is 1. The molecule has 54 valence electrons. The van der Waals surface area contributed by atoms with Crippen molar-refractivity contribution in [2.45, 2.75) is 6.61 Å². The van der Waals surface area contributed by atoms with E-state index in [-0.39, 0.29) is 5.75 Å². The van der Waals surface area contributed by atoms with Crippen LogP contribution in [0.15, 0.2) is 18.3 Å². The molecule has 1 N–H and O–H groups in total. The van der Waals surface area contributed by atoms with Crippen molar-refractivity contribution in [3.8, 4) is 5.75 Å². The van der Waals surface area contributed by atoms with E-state index in [4.69, 9.17) is 9.84 Å². The van der Waals surface area contributed by atoms with E-state index in [0.29, 0.717) is 12.3 Å². The van der Waals surface area contributed by atoms with Gasteiger partial charge >= 0.3 is 0 Å². The van der Waals surface area contributed by atoms with Crippen LogP contribution >= 0.6 is 0 Å². The molecule has 0 saturated heterocycles. The summed E-state index contributed by atoms with van der Waals surface area (Å²) in [5.41, 5.74) is 0.574. The lowest BCUT2D eigenvalue weighted by atomic mass is 10.3. The van der Waals surface area contributed by atoms with E-state index in [1.165, 1.54) is 0 Å². The highest BCUT2D eigenvalue weighted by atomic mass is 16.5. The zero-order valence-electron chi connectivity index (χ0n) is 5.74. The highest BCUT2D eigenvalue weighted by Crippen LogP contribution is 2.12. The van der Waals surface area contributed by atoms with Crippen LogP contribution in [0.5, 0.6) is 5.75 Å². The molecule has 0 atom stereocenters. The Hall–Kier alpha value is -1.09. The van der Waals surface area contributed by atoms with Crippen molar-refractivity contribution in [2.24, 2.45) is 0 Å². The lowest BCUT2D eigenvalue weighted by molar-refractivity contribution is 0.178. The zero-order chi connectivity index (χ0) is 7.40. The summed E-state index contributed by atoms with van der Waals surface area (Å²) < 4.78 is 4.79. The van der Waals surface area contributed by atoms with E-state index in [0.717, 1.165) is 0 Å². The van der Waals surface area contributed by atoms with Crippen molar-refractivity contribution in [3.63, 3.8) is 0 Å². The van der Waals surface area contributed by atoms with E-state index in [1.807, 2.05) is 0 Å². The number of methoxy groups -OCH3 is 1. The second-order valence-corrected chi connectivity index (χ2v) is 1.90. The second kappa shape index (κ2) is 3.17. The molecule has 0 aliphatic heterocycles. The molecule has 0 amide bonds. The molecule has 0 bridgehead atoms. The first-order chi connectivity index (χ1) is 4.84. The summed E-state index contributed by atoms with van der Waals surface area (Å²) in [4.78, 5) is 3.89. The van der Waals surface area contributed by atoms with Crippen molar-refractivity contribution < 1.29 is 9.84 Å². The average molecular weight is 139 g/mol. The van der Waals surface area contributed by atoms with Crippen LogP contribution in [0.2, 0.25) is 0 Å². The molecule has 0 saturated carbocycles. The molecule has 3 heteroatoms. The maximum atomic E-state index is 9.10. The Morgan fingerprint density at radius 2 is 2.50 bits per heavy atom. The number of ether oxygens (including phenoxy) is 1. The summed E-state index contributed by atoms with van der Waals surface area (Å²) in [5, 5.41) is 9.10. The molecule has 0 aliphatic carbocycles. The molecule has 0 aliphatic rings. The highest BCUT2D eigenvalue weighted by Gasteiger charge is 1.97. The smallest absolute Gasteiger partial charge is 0.139 e. The van der Waals surface area contributed by atoms with Crippen LogP contribution in [0.3, 0.4) is 0 Å². The van der Waals surface area contributed by atoms with Crippen LogP contribution < -0.4 is 0 Å². The first-order valence-corrected chi connectivity index (χ1v) is 2.96. The second-order valence-electron chi connectivity index (χ2n) is 1.90. The van der Waals surface area contributed by atoms with Crippen LogP contribution in [0.4, 0.5) is 0 Å². The summed E-state index contributed by atoms with van der Waals surface area (Å²) in [6.07, 6.45) is 1.62. The summed E-state index contributed by atoms with van der Waals surface area (Å²) >= 11 is 0. The van der Waals surface area contributed by atoms with Gasteiger partial charge in [-0.2, -0.15) is 0 Å². The first-order valence-electron chi connectivity index (χ1n) is 2.96. The minimum Gasteiger partial charge on any atom is -0.506 e. The van der Waals surface area contributed by atoms with Gasteiger partial charge in [-0.25, -0.2) is 0 Å². The summed E-state index contributed by atoms with van der Waals surface area (Å²) in [6.45, 7) is 0.354. The topological polar surface area (TPSA) is 42.4 Å². The minimum absolute atomic E-state index is 0.185. The zero-order valence-corrected chi connectivity index (χ0v) is 5.74. The Bertz CT molecular complexity index is 213. The summed E-state index contributed by atoms with van der Waals surface area (Å²) in [7, 11) is 1.56. The molecular formula is C7H9NO2. The van der Waals surface area contributed by atoms with Crippen LogP contribution in [-0.2, 0) is 11.3 Å². The van der Waals surface area contributed by atoms with Gasteiger partial charge in [0.1, 0.15) is 11.4 Å². The van der Waals surface area contributed by atoms with Crippen LogP contribution in [-0.4, -0.2) is 17.2 Å². The molecule has 0 radical (unpaired) electrons. The Kier molecular flexibility index (Phi) is 2.23. The van der Waals surface area contributed by atoms with Gasteiger partial charge in [0, 0.05) is 13.3 Å². The van der Waals surface area contributed by atoms with Gasteiger partial charge in [0.2, 0.25) is 0 Å². The van der Waals surface area contributed by atoms with Gasteiger partial charge < -0.3 is 9.84 Å². The number of hydrogen-bond donors (Lipinski definition) is 1. The molecule has 1 aromatic heterocycles. The third-order valence-electron chi connectivity index (χ3n) is 1.15. The number of rotatable bonds is 2. The molecule has 10 heavy (non-hydrogen) atoms. The normalized spacial score (nSPS) is 9.70. The Labute approximate surface area is 59.3 Å². The van der Waals surface area contributed by atoms with Gasteiger partial charge in [0.15, 0.2) is 0 Å². The van der Waals surface area contributed by atoms with E-state index < -0.39 is 0 Å². The molecular weight excluding hydrogens is 130 g/mol. The summed E-state index contributed by atoms with van der Waals surface area (Å²) in [6, 6.07) is 3.26. The lowest BCUT2D eigenvalue weighted by Crippen LogP contribution is -1.90. The Morgan fingerprint density at radius 3 is 3.10 bits per heavy atom. The average Bonchev–Trinajstić information content (AvgIpc) is 1.94. The number of aromatic nitrogens is 1. The molecule has 0 spiro atoms. The lowest BCUT2D eigenvalue weighted by Gasteiger charge is -1.99. The maximum Gasteiger partial charge on any atom is 0.139 e. The molecule has 0 aromatic carbocycles. The van der Waals surface area contributed by atoms with E-state index in [2.05, 4.69) is 4.98 Å². The number of nitrogens with zero attached hydrogens (tertiary/aromatic N) is 1. The predicted molar refractivity (Wildman–Crippen MR) is 36.6 cm³/mol. The third kappa shape index (κ3) is 1.45. The SMILES string of the molecule is COCc1ncccc1O. The fraction of sp³-hybridized carbons (Fsp3) is 0.286. The van der Waals surface area contributed by atoms with Gasteiger partial charge in [-0.15, -0.1) is 0 Å². The van der Waals surface area contributed by atoms with Gasteiger partial charge in [0.25, 0.3) is 0 Å². The Balaban J connectivity index is 2.81. The first kappa shape index (κ1) is 7.02. The number of hydrogen-bond acceptors (Lipinski definition) is 3. The van der Waals surface area contributed by atoms with E-state index in [9.17, 15) is 0 Å². The van der Waals surface area contributed by atoms with Gasteiger partial charge in [-0.05, 0) is 12.1 Å². The molecule has 1 heterocycles. The largest absolute Gasteiger partial charge is 0.506 e. The number of aromatic hydroxyl groups is 1. The van der Waals surface area contributed by atoms with Crippen molar-refractivity contribution in [1.82, 2.24) is 4.98 Å². The van der Waals surface area contributed by atoms with Crippen molar-refractivity contribution >= 4 is 0 Å². The Morgan fingerprint density at radius 1 is 1.70 bits per heavy atom. The van der Waals surface area contributed by atoms with Crippen molar-refractivity contribution in [3.05, 3.63) is 24.0 Å². The quantitative estimate of drug-likeness (QED) is 0.662. The van der Waals surface area contributed by atoms with Gasteiger partial charge in [0.05, 0.1) is 6.61 Å². The summed E-state index contributed by atoms with van der Waals surface area (Å²) in [5.74, 6) is 0.185. The van der Waals surface area contributed by atoms with E-state index in [1.54, 1.807) is 25.4 Å². The van der Waals surface area contributed by atoms with Crippen molar-refractivity contribution in [1.29, 1.82) is 0 Å². The van der Waals surface area contributed by atoms with Gasteiger partial charge in [-0.3, -0.25) is 4.98 Å². The van der Waals surface area contributed by atoms with Gasteiger partial charge in [-0.1, -0.05) is 0 Å². The van der Waals surface area contributed by atoms with Crippen LogP contribution in [0.25, 0.3) is 0 Å². The molecule has 3 nitrogen and oxygen atoms in total. The molecule has 0 fully saturated rings. The molecule has 1 aromatic rings. The molecule has 0 unspecified atom stereocenters. The van der Waals surface area contributed by atoms with Crippen LogP contribution in [0, 0.1) is 0 Å². The highest BCUT2D eigenvalue weighted by molar-refractivity contribution is 5.23. The molecule has 1 rings (SSSR count).